The molecule has 4 rings (SSSR count). The third-order valence-electron chi connectivity index (χ3n) is 6.16. The van der Waals surface area contributed by atoms with E-state index < -0.39 is 0 Å². The number of fused-ring (bicyclic) bond motifs is 1. The first-order valence-corrected chi connectivity index (χ1v) is 11.6. The lowest BCUT2D eigenvalue weighted by Crippen LogP contribution is -2.37. The van der Waals surface area contributed by atoms with E-state index in [9.17, 15) is 9.59 Å². The van der Waals surface area contributed by atoms with Crippen molar-refractivity contribution in [2.45, 2.75) is 52.0 Å². The van der Waals surface area contributed by atoms with Crippen LogP contribution >= 0.6 is 11.3 Å². The molecule has 0 radical (unpaired) electrons. The van der Waals surface area contributed by atoms with E-state index in [0.29, 0.717) is 6.54 Å². The summed E-state index contributed by atoms with van der Waals surface area (Å²) in [5, 5.41) is 7.25. The van der Waals surface area contributed by atoms with Gasteiger partial charge in [-0.15, -0.1) is 11.3 Å². The number of nitrogens with zero attached hydrogens (tertiary/aromatic N) is 3. The van der Waals surface area contributed by atoms with Crippen LogP contribution in [-0.2, 0) is 24.2 Å². The fourth-order valence-electron chi connectivity index (χ4n) is 4.25. The molecule has 1 fully saturated rings. The van der Waals surface area contributed by atoms with E-state index >= 15 is 0 Å². The summed E-state index contributed by atoms with van der Waals surface area (Å²) in [4.78, 5) is 29.6. The lowest BCUT2D eigenvalue weighted by Gasteiger charge is -2.29. The van der Waals surface area contributed by atoms with Gasteiger partial charge in [0.05, 0.1) is 4.88 Å². The second kappa shape index (κ2) is 9.11. The Hall–Kier alpha value is -2.15. The Morgan fingerprint density at radius 1 is 1.28 bits per heavy atom. The SMILES string of the molecule is CC1CCN(C(=O)c2cc3c(s2)CC[C@@H](C(=O)NCCCn2cccn2)C3)CC1. The monoisotopic (exact) mass is 414 g/mol. The second-order valence-corrected chi connectivity index (χ2v) is 9.52. The number of nitrogens with one attached hydrogen (secondary N) is 1. The van der Waals surface area contributed by atoms with Gasteiger partial charge in [-0.05, 0) is 62.1 Å². The van der Waals surface area contributed by atoms with Gasteiger partial charge in [-0.25, -0.2) is 0 Å². The minimum absolute atomic E-state index is 0.0144. The number of rotatable bonds is 6. The summed E-state index contributed by atoms with van der Waals surface area (Å²) in [6.07, 6.45) is 9.29. The van der Waals surface area contributed by atoms with E-state index in [4.69, 9.17) is 0 Å². The predicted octanol–water partition coefficient (Wildman–Crippen LogP) is 3.13. The molecular formula is C22H30N4O2S. The number of thiophene rings is 1. The van der Waals surface area contributed by atoms with Gasteiger partial charge < -0.3 is 10.2 Å². The molecule has 2 aromatic rings. The highest BCUT2D eigenvalue weighted by molar-refractivity contribution is 7.14. The largest absolute Gasteiger partial charge is 0.356 e. The van der Waals surface area contributed by atoms with Crippen LogP contribution in [0.1, 0.15) is 52.7 Å². The van der Waals surface area contributed by atoms with Gasteiger partial charge in [0.25, 0.3) is 5.91 Å². The number of aromatic nitrogens is 2. The average Bonchev–Trinajstić information content (AvgIpc) is 3.40. The van der Waals surface area contributed by atoms with Gasteiger partial charge in [-0.1, -0.05) is 6.92 Å². The van der Waals surface area contributed by atoms with Gasteiger partial charge in [0.2, 0.25) is 5.91 Å². The van der Waals surface area contributed by atoms with Gasteiger partial charge in [-0.2, -0.15) is 5.10 Å². The van der Waals surface area contributed by atoms with Crippen LogP contribution in [0, 0.1) is 11.8 Å². The number of carbonyl (C=O) groups excluding carboxylic acids is 2. The summed E-state index contributed by atoms with van der Waals surface area (Å²) in [6, 6.07) is 3.96. The van der Waals surface area contributed by atoms with Crippen molar-refractivity contribution >= 4 is 23.2 Å². The van der Waals surface area contributed by atoms with Crippen molar-refractivity contribution in [1.82, 2.24) is 20.0 Å². The summed E-state index contributed by atoms with van der Waals surface area (Å²) in [5.74, 6) is 1.05. The number of hydrogen-bond acceptors (Lipinski definition) is 4. The van der Waals surface area contributed by atoms with Crippen LogP contribution in [-0.4, -0.2) is 46.1 Å². The Bertz CT molecular complexity index is 837. The molecule has 1 aliphatic heterocycles. The standard InChI is InChI=1S/C22H30N4O2S/c1-16-6-12-25(13-7-16)22(28)20-15-18-14-17(4-5-19(18)29-20)21(27)23-8-2-10-26-11-3-9-24-26/h3,9,11,15-17H,2,4-8,10,12-14H2,1H3,(H,23,27)/t17-/m1/s1. The third-order valence-corrected chi connectivity index (χ3v) is 7.38. The molecule has 2 amide bonds. The van der Waals surface area contributed by atoms with Crippen LogP contribution in [0.5, 0.6) is 0 Å². The summed E-state index contributed by atoms with van der Waals surface area (Å²) in [6.45, 7) is 5.47. The first-order valence-electron chi connectivity index (χ1n) is 10.8. The maximum atomic E-state index is 12.9. The molecular weight excluding hydrogens is 384 g/mol. The number of amides is 2. The van der Waals surface area contributed by atoms with E-state index in [1.165, 1.54) is 10.4 Å². The predicted molar refractivity (Wildman–Crippen MR) is 114 cm³/mol. The molecule has 6 nitrogen and oxygen atoms in total. The summed E-state index contributed by atoms with van der Waals surface area (Å²) >= 11 is 1.64. The lowest BCUT2D eigenvalue weighted by molar-refractivity contribution is -0.125. The summed E-state index contributed by atoms with van der Waals surface area (Å²) in [5.41, 5.74) is 1.20. The zero-order valence-corrected chi connectivity index (χ0v) is 17.9. The van der Waals surface area contributed by atoms with E-state index in [1.807, 2.05) is 21.8 Å². The smallest absolute Gasteiger partial charge is 0.263 e. The fraction of sp³-hybridized carbons (Fsp3) is 0.591. The molecule has 0 unspecified atom stereocenters. The molecule has 0 saturated carbocycles. The van der Waals surface area contributed by atoms with Crippen molar-refractivity contribution in [1.29, 1.82) is 0 Å². The highest BCUT2D eigenvalue weighted by Gasteiger charge is 2.29. The molecule has 7 heteroatoms. The molecule has 1 aliphatic carbocycles. The van der Waals surface area contributed by atoms with Crippen LogP contribution < -0.4 is 5.32 Å². The zero-order valence-electron chi connectivity index (χ0n) is 17.1. The second-order valence-electron chi connectivity index (χ2n) is 8.39. The van der Waals surface area contributed by atoms with Crippen LogP contribution in [0.3, 0.4) is 0 Å². The summed E-state index contributed by atoms with van der Waals surface area (Å²) < 4.78 is 1.88. The van der Waals surface area contributed by atoms with Crippen LogP contribution in [0.15, 0.2) is 24.5 Å². The quantitative estimate of drug-likeness (QED) is 0.739. The fourth-order valence-corrected chi connectivity index (χ4v) is 5.43. The zero-order chi connectivity index (χ0) is 20.2. The van der Waals surface area contributed by atoms with Crippen LogP contribution in [0.4, 0.5) is 0 Å². The Balaban J connectivity index is 1.28. The number of hydrogen-bond donors (Lipinski definition) is 1. The highest BCUT2D eigenvalue weighted by atomic mass is 32.1. The molecule has 156 valence electrons. The average molecular weight is 415 g/mol. The minimum Gasteiger partial charge on any atom is -0.356 e. The Kier molecular flexibility index (Phi) is 6.33. The maximum Gasteiger partial charge on any atom is 0.263 e. The molecule has 0 aromatic carbocycles. The van der Waals surface area contributed by atoms with Crippen molar-refractivity contribution in [3.05, 3.63) is 39.8 Å². The van der Waals surface area contributed by atoms with E-state index in [0.717, 1.165) is 69.0 Å². The van der Waals surface area contributed by atoms with Gasteiger partial charge >= 0.3 is 0 Å². The van der Waals surface area contributed by atoms with Crippen LogP contribution in [0.2, 0.25) is 0 Å². The van der Waals surface area contributed by atoms with Crippen molar-refractivity contribution in [2.24, 2.45) is 11.8 Å². The Morgan fingerprint density at radius 3 is 2.86 bits per heavy atom. The van der Waals surface area contributed by atoms with Crippen molar-refractivity contribution in [3.8, 4) is 0 Å². The molecule has 0 bridgehead atoms. The normalized spacial score (nSPS) is 19.8. The highest BCUT2D eigenvalue weighted by Crippen LogP contribution is 2.33. The van der Waals surface area contributed by atoms with Gasteiger partial charge in [0, 0.05) is 49.4 Å². The number of piperidine rings is 1. The van der Waals surface area contributed by atoms with E-state index in [-0.39, 0.29) is 17.7 Å². The minimum atomic E-state index is 0.0144. The number of carbonyl (C=O) groups is 2. The molecule has 0 spiro atoms. The lowest BCUT2D eigenvalue weighted by atomic mass is 9.87. The summed E-state index contributed by atoms with van der Waals surface area (Å²) in [7, 11) is 0. The first-order chi connectivity index (χ1) is 14.1. The first kappa shape index (κ1) is 20.1. The number of aryl methyl sites for hydroxylation is 2. The molecule has 2 aromatic heterocycles. The van der Waals surface area contributed by atoms with E-state index in [2.05, 4.69) is 23.4 Å². The van der Waals surface area contributed by atoms with Crippen molar-refractivity contribution in [3.63, 3.8) is 0 Å². The Labute approximate surface area is 176 Å². The van der Waals surface area contributed by atoms with Crippen molar-refractivity contribution < 1.29 is 9.59 Å². The maximum absolute atomic E-state index is 12.9. The topological polar surface area (TPSA) is 67.2 Å². The molecule has 1 saturated heterocycles. The number of likely N-dealkylation sites (tertiary alicyclic amines) is 1. The van der Waals surface area contributed by atoms with Crippen LogP contribution in [0.25, 0.3) is 0 Å². The molecule has 29 heavy (non-hydrogen) atoms. The van der Waals surface area contributed by atoms with Crippen molar-refractivity contribution in [2.75, 3.05) is 19.6 Å². The Morgan fingerprint density at radius 2 is 2.10 bits per heavy atom. The molecule has 3 heterocycles. The third kappa shape index (κ3) is 4.89. The molecule has 1 atom stereocenters. The van der Waals surface area contributed by atoms with E-state index in [1.54, 1.807) is 17.5 Å². The van der Waals surface area contributed by atoms with Gasteiger partial charge in [0.15, 0.2) is 0 Å². The van der Waals surface area contributed by atoms with Gasteiger partial charge in [0.1, 0.15) is 0 Å². The van der Waals surface area contributed by atoms with Gasteiger partial charge in [-0.3, -0.25) is 14.3 Å². The molecule has 1 N–H and O–H groups in total. The molecule has 2 aliphatic rings.